The maximum Gasteiger partial charge on any atom is 0.258 e. The van der Waals surface area contributed by atoms with E-state index in [1.54, 1.807) is 23.9 Å². The zero-order valence-electron chi connectivity index (χ0n) is 16.5. The molecule has 0 aliphatic heterocycles. The molecule has 0 aromatic heterocycles. The normalized spacial score (nSPS) is 15.9. The van der Waals surface area contributed by atoms with Crippen molar-refractivity contribution in [3.05, 3.63) is 65.2 Å². The van der Waals surface area contributed by atoms with E-state index in [9.17, 15) is 13.2 Å². The molecule has 2 aromatic rings. The lowest BCUT2D eigenvalue weighted by molar-refractivity contribution is -0.122. The second-order valence-electron chi connectivity index (χ2n) is 6.96. The molecule has 2 aromatic carbocycles. The van der Waals surface area contributed by atoms with Crippen molar-refractivity contribution >= 4 is 33.4 Å². The molecule has 1 atom stereocenters. The Hall–Kier alpha value is -2.16. The Morgan fingerprint density at radius 3 is 2.59 bits per heavy atom. The van der Waals surface area contributed by atoms with Crippen LogP contribution in [0.25, 0.3) is 0 Å². The number of nitrogens with one attached hydrogen (secondary N) is 2. The molecule has 0 spiro atoms. The largest absolute Gasteiger partial charge is 0.271 e. The van der Waals surface area contributed by atoms with E-state index in [0.717, 1.165) is 29.7 Å². The van der Waals surface area contributed by atoms with Crippen LogP contribution in [0.15, 0.2) is 58.5 Å². The van der Waals surface area contributed by atoms with E-state index in [1.807, 2.05) is 31.4 Å². The van der Waals surface area contributed by atoms with Crippen molar-refractivity contribution in [2.45, 2.75) is 37.1 Å². The highest BCUT2D eigenvalue weighted by atomic mass is 32.2. The maximum absolute atomic E-state index is 12.7. The minimum absolute atomic E-state index is 0.140. The fourth-order valence-electron chi connectivity index (χ4n) is 3.18. The highest BCUT2D eigenvalue weighted by Gasteiger charge is 2.26. The minimum atomic E-state index is -3.81. The van der Waals surface area contributed by atoms with Crippen molar-refractivity contribution in [1.82, 2.24) is 10.1 Å². The lowest BCUT2D eigenvalue weighted by Crippen LogP contribution is -2.45. The Morgan fingerprint density at radius 2 is 1.86 bits per heavy atom. The third kappa shape index (κ3) is 5.46. The van der Waals surface area contributed by atoms with Crippen LogP contribution < -0.4 is 10.1 Å². The van der Waals surface area contributed by atoms with Gasteiger partial charge in [-0.25, -0.2) is 13.8 Å². The summed E-state index contributed by atoms with van der Waals surface area (Å²) in [6, 6.07) is 13.6. The van der Waals surface area contributed by atoms with Gasteiger partial charge < -0.3 is 0 Å². The van der Waals surface area contributed by atoms with Crippen LogP contribution in [0, 0.1) is 6.92 Å². The van der Waals surface area contributed by atoms with E-state index in [2.05, 4.69) is 21.3 Å². The fourth-order valence-corrected chi connectivity index (χ4v) is 4.88. The number of benzene rings is 2. The van der Waals surface area contributed by atoms with Gasteiger partial charge in [-0.2, -0.15) is 21.6 Å². The molecule has 2 N–H and O–H groups in total. The molecule has 0 radical (unpaired) electrons. The molecular weight excluding hydrogens is 406 g/mol. The van der Waals surface area contributed by atoms with Crippen LogP contribution >= 0.6 is 11.8 Å². The zero-order chi connectivity index (χ0) is 20.9. The van der Waals surface area contributed by atoms with Crippen LogP contribution in [0.1, 0.15) is 29.5 Å². The number of sulfonamides is 1. The number of rotatable bonds is 8. The molecule has 6 nitrogen and oxygen atoms in total. The van der Waals surface area contributed by atoms with Gasteiger partial charge in [-0.1, -0.05) is 42.0 Å². The van der Waals surface area contributed by atoms with Crippen molar-refractivity contribution in [1.29, 1.82) is 0 Å². The van der Waals surface area contributed by atoms with Crippen molar-refractivity contribution in [2.75, 3.05) is 12.0 Å². The lowest BCUT2D eigenvalue weighted by Gasteiger charge is -2.17. The van der Waals surface area contributed by atoms with Crippen LogP contribution in [0.3, 0.4) is 0 Å². The molecule has 0 heterocycles. The van der Waals surface area contributed by atoms with Crippen molar-refractivity contribution in [3.8, 4) is 0 Å². The maximum atomic E-state index is 12.7. The fraction of sp³-hybridized carbons (Fsp3) is 0.333. The Kier molecular flexibility index (Phi) is 7.10. The van der Waals surface area contributed by atoms with E-state index >= 15 is 0 Å². The second kappa shape index (κ2) is 9.56. The van der Waals surface area contributed by atoms with Gasteiger partial charge in [0.05, 0.1) is 10.6 Å². The number of hydrogen-bond donors (Lipinski definition) is 2. The molecule has 0 fully saturated rings. The number of carbonyl (C=O) groups is 1. The predicted molar refractivity (Wildman–Crippen MR) is 118 cm³/mol. The SMILES string of the molecule is CSCC[C@H](NS(=O)(=O)c1ccc(C)cc1)C(=O)N/N=C1/CCc2ccccc21. The smallest absolute Gasteiger partial charge is 0.258 e. The Bertz CT molecular complexity index is 1000. The average molecular weight is 432 g/mol. The van der Waals surface area contributed by atoms with Crippen LogP contribution in [0.5, 0.6) is 0 Å². The molecule has 8 heteroatoms. The first kappa shape index (κ1) is 21.5. The number of hydrazone groups is 1. The monoisotopic (exact) mass is 431 g/mol. The van der Waals surface area contributed by atoms with Gasteiger partial charge in [0.1, 0.15) is 6.04 Å². The molecule has 0 saturated carbocycles. The Balaban J connectivity index is 1.73. The van der Waals surface area contributed by atoms with Gasteiger partial charge in [-0.3, -0.25) is 4.79 Å². The number of thioether (sulfide) groups is 1. The van der Waals surface area contributed by atoms with Gasteiger partial charge in [-0.05, 0) is 55.9 Å². The van der Waals surface area contributed by atoms with Crippen LogP contribution in [0.2, 0.25) is 0 Å². The van der Waals surface area contributed by atoms with Gasteiger partial charge in [0.2, 0.25) is 10.0 Å². The highest BCUT2D eigenvalue weighted by molar-refractivity contribution is 7.98. The van der Waals surface area contributed by atoms with E-state index in [0.29, 0.717) is 12.2 Å². The zero-order valence-corrected chi connectivity index (χ0v) is 18.1. The highest BCUT2D eigenvalue weighted by Crippen LogP contribution is 2.21. The van der Waals surface area contributed by atoms with E-state index in [1.165, 1.54) is 17.7 Å². The number of aryl methyl sites for hydroxylation is 2. The number of hydrogen-bond acceptors (Lipinski definition) is 5. The second-order valence-corrected chi connectivity index (χ2v) is 9.66. The summed E-state index contributed by atoms with van der Waals surface area (Å²) in [5, 5.41) is 4.28. The van der Waals surface area contributed by atoms with E-state index in [-0.39, 0.29) is 4.90 Å². The van der Waals surface area contributed by atoms with Crippen LogP contribution in [0.4, 0.5) is 0 Å². The predicted octanol–water partition coefficient (Wildman–Crippen LogP) is 2.86. The molecule has 0 saturated heterocycles. The van der Waals surface area contributed by atoms with Gasteiger partial charge in [0.15, 0.2) is 0 Å². The van der Waals surface area contributed by atoms with Crippen LogP contribution in [-0.4, -0.2) is 38.1 Å². The van der Waals surface area contributed by atoms with Gasteiger partial charge in [0, 0.05) is 5.56 Å². The summed E-state index contributed by atoms with van der Waals surface area (Å²) in [5.74, 6) is 0.195. The number of nitrogens with zero attached hydrogens (tertiary/aromatic N) is 1. The standard InChI is InChI=1S/C21H25N3O3S2/c1-15-7-10-17(11-8-15)29(26,27)24-20(13-14-28-2)21(25)23-22-19-12-9-16-5-3-4-6-18(16)19/h3-8,10-11,20,24H,9,12-14H2,1-2H3,(H,23,25)/b22-19-/t20-/m0/s1. The summed E-state index contributed by atoms with van der Waals surface area (Å²) in [4.78, 5) is 12.9. The summed E-state index contributed by atoms with van der Waals surface area (Å²) in [6.45, 7) is 1.89. The summed E-state index contributed by atoms with van der Waals surface area (Å²) in [7, 11) is -3.81. The summed E-state index contributed by atoms with van der Waals surface area (Å²) >= 11 is 1.55. The molecule has 154 valence electrons. The lowest BCUT2D eigenvalue weighted by atomic mass is 10.1. The molecule has 0 bridgehead atoms. The first-order valence-electron chi connectivity index (χ1n) is 9.43. The molecule has 1 aliphatic carbocycles. The molecule has 29 heavy (non-hydrogen) atoms. The topological polar surface area (TPSA) is 87.6 Å². The Labute approximate surface area is 176 Å². The number of fused-ring (bicyclic) bond motifs is 1. The van der Waals surface area contributed by atoms with Gasteiger partial charge in [-0.15, -0.1) is 0 Å². The van der Waals surface area contributed by atoms with Gasteiger partial charge in [0.25, 0.3) is 5.91 Å². The summed E-state index contributed by atoms with van der Waals surface area (Å²) in [5.41, 5.74) is 6.60. The Morgan fingerprint density at radius 1 is 1.14 bits per heavy atom. The number of carbonyl (C=O) groups excluding carboxylic acids is 1. The van der Waals surface area contributed by atoms with Crippen molar-refractivity contribution in [2.24, 2.45) is 5.10 Å². The quantitative estimate of drug-likeness (QED) is 0.629. The molecule has 1 aliphatic rings. The average Bonchev–Trinajstić information content (AvgIpc) is 3.12. The summed E-state index contributed by atoms with van der Waals surface area (Å²) < 4.78 is 28.0. The van der Waals surface area contributed by atoms with Crippen molar-refractivity contribution in [3.63, 3.8) is 0 Å². The van der Waals surface area contributed by atoms with Gasteiger partial charge >= 0.3 is 0 Å². The third-order valence-electron chi connectivity index (χ3n) is 4.82. The minimum Gasteiger partial charge on any atom is -0.271 e. The molecule has 3 rings (SSSR count). The van der Waals surface area contributed by atoms with Crippen LogP contribution in [-0.2, 0) is 21.2 Å². The third-order valence-corrected chi connectivity index (χ3v) is 6.95. The van der Waals surface area contributed by atoms with E-state index < -0.39 is 22.0 Å². The molecule has 1 amide bonds. The first-order valence-corrected chi connectivity index (χ1v) is 12.3. The van der Waals surface area contributed by atoms with E-state index in [4.69, 9.17) is 0 Å². The first-order chi connectivity index (χ1) is 13.9. The molecular formula is C21H25N3O3S2. The molecule has 0 unspecified atom stereocenters. The van der Waals surface area contributed by atoms with Crippen molar-refractivity contribution < 1.29 is 13.2 Å². The summed E-state index contributed by atoms with van der Waals surface area (Å²) in [6.07, 6.45) is 3.93. The number of amides is 1.